The molecule has 174 valence electrons. The molecule has 2 amide bonds. The molecule has 0 fully saturated rings. The Kier molecular flexibility index (Phi) is 12.1. The van der Waals surface area contributed by atoms with Crippen LogP contribution in [0.3, 0.4) is 0 Å². The van der Waals surface area contributed by atoms with Gasteiger partial charge in [-0.1, -0.05) is 73.5 Å². The first kappa shape index (κ1) is 30.0. The van der Waals surface area contributed by atoms with E-state index in [0.717, 1.165) is 36.8 Å². The van der Waals surface area contributed by atoms with Crippen LogP contribution in [0.5, 0.6) is 0 Å². The van der Waals surface area contributed by atoms with E-state index in [4.69, 9.17) is 0 Å². The fourth-order valence-corrected chi connectivity index (χ4v) is 3.99. The van der Waals surface area contributed by atoms with Crippen LogP contribution in [-0.4, -0.2) is 46.4 Å². The Morgan fingerprint density at radius 3 is 1.31 bits per heavy atom. The largest absolute Gasteiger partial charge is 1.00 e. The molecule has 0 saturated carbocycles. The van der Waals surface area contributed by atoms with Crippen LogP contribution in [0.4, 0.5) is 0 Å². The van der Waals surface area contributed by atoms with E-state index in [0.29, 0.717) is 37.3 Å². The molecule has 2 aromatic carbocycles. The quantitative estimate of drug-likeness (QED) is 0.149. The van der Waals surface area contributed by atoms with E-state index in [-0.39, 0.29) is 82.3 Å². The summed E-state index contributed by atoms with van der Waals surface area (Å²) in [6.45, 7) is 0.901. The first-order valence-electron chi connectivity index (χ1n) is 11.2. The number of carbonyl (C=O) groups is 2. The van der Waals surface area contributed by atoms with Gasteiger partial charge < -0.3 is 10.2 Å². The van der Waals surface area contributed by atoms with Crippen molar-refractivity contribution in [2.24, 2.45) is 9.98 Å². The molecule has 0 atom stereocenters. The maximum Gasteiger partial charge on any atom is 1.00 e. The van der Waals surface area contributed by atoms with Crippen LogP contribution in [0.25, 0.3) is 0 Å². The first-order valence-corrected chi connectivity index (χ1v) is 11.2. The number of rotatable bonds is 9. The van der Waals surface area contributed by atoms with Gasteiger partial charge >= 0.3 is 59.1 Å². The summed E-state index contributed by atoms with van der Waals surface area (Å²) in [6, 6.07) is 18.6. The Bertz CT molecular complexity index is 1090. The fraction of sp³-hybridized carbons (Fsp3) is 0.231. The summed E-state index contributed by atoms with van der Waals surface area (Å²) < 4.78 is 0. The minimum absolute atomic E-state index is 0. The Morgan fingerprint density at radius 1 is 0.611 bits per heavy atom. The van der Waals surface area contributed by atoms with Gasteiger partial charge in [0.25, 0.3) is 11.8 Å². The van der Waals surface area contributed by atoms with Crippen molar-refractivity contribution in [3.63, 3.8) is 0 Å². The van der Waals surface area contributed by atoms with Crippen molar-refractivity contribution in [1.82, 2.24) is 9.80 Å². The maximum absolute atomic E-state index is 12.5. The van der Waals surface area contributed by atoms with E-state index >= 15 is 0 Å². The molecule has 8 nitrogen and oxygen atoms in total. The van der Waals surface area contributed by atoms with Crippen LogP contribution >= 0.6 is 0 Å². The zero-order valence-electron chi connectivity index (χ0n) is 20.6. The molecule has 0 spiro atoms. The Hall–Kier alpha value is -2.20. The Labute approximate surface area is 254 Å². The van der Waals surface area contributed by atoms with Gasteiger partial charge in [-0.05, 0) is 12.8 Å². The molecule has 10 heteroatoms. The second kappa shape index (κ2) is 14.5. The van der Waals surface area contributed by atoms with Gasteiger partial charge in [0.2, 0.25) is 0 Å². The van der Waals surface area contributed by atoms with Crippen molar-refractivity contribution in [3.05, 3.63) is 95.7 Å². The molecule has 0 radical (unpaired) electrons. The van der Waals surface area contributed by atoms with Gasteiger partial charge in [-0.2, -0.15) is 0 Å². The normalized spacial score (nSPS) is 17.2. The number of hydrogen-bond donors (Lipinski definition) is 0. The fourth-order valence-electron chi connectivity index (χ4n) is 3.99. The van der Waals surface area contributed by atoms with E-state index in [1.165, 1.54) is 0 Å². The van der Waals surface area contributed by atoms with Gasteiger partial charge in [-0.15, -0.1) is 12.5 Å². The Morgan fingerprint density at radius 2 is 0.972 bits per heavy atom. The second-order valence-corrected chi connectivity index (χ2v) is 7.94. The van der Waals surface area contributed by atoms with Crippen LogP contribution in [0.15, 0.2) is 94.6 Å². The number of nitrogens with zero attached hydrogens (tertiary/aromatic N) is 4. The SMILES string of the molecule is O=C1/C(=C/[O-])N=C(c2ccccc2)N1CCCCCCN1C(=O)/C(=C/[O-])N=C1c1ccccc1.[Na+].[Na+]. The number of amides is 2. The number of aliphatic imine (C=N–C) groups is 2. The van der Waals surface area contributed by atoms with Crippen molar-refractivity contribution in [1.29, 1.82) is 0 Å². The van der Waals surface area contributed by atoms with E-state index in [2.05, 4.69) is 9.98 Å². The molecule has 4 rings (SSSR count). The zero-order valence-corrected chi connectivity index (χ0v) is 24.6. The summed E-state index contributed by atoms with van der Waals surface area (Å²) in [5.41, 5.74) is 1.41. The molecule has 0 aromatic heterocycles. The number of hydrogen-bond acceptors (Lipinski definition) is 6. The Balaban J connectivity index is 0.00000228. The molecule has 0 N–H and O–H groups in total. The molecule has 0 saturated heterocycles. The summed E-state index contributed by atoms with van der Waals surface area (Å²) in [7, 11) is 0. The standard InChI is InChI=1S/C26H26N4O4.2Na/c31-17-21-25(33)29(23(27-21)19-11-5-3-6-12-19)15-9-1-2-10-16-30-24(20-13-7-4-8-14-20)28-22(18-32)26(30)34;;/h3-8,11-14,17-18,31-32H,1-2,9-10,15-16H2;;/q;2*+1/p-2/b21-17-,22-18-;;. The smallest absolute Gasteiger partial charge is 0.876 e. The van der Waals surface area contributed by atoms with Crippen molar-refractivity contribution in [3.8, 4) is 0 Å². The second-order valence-electron chi connectivity index (χ2n) is 7.94. The summed E-state index contributed by atoms with van der Waals surface area (Å²) in [5.74, 6) is 0.237. The van der Waals surface area contributed by atoms with Crippen molar-refractivity contribution < 1.29 is 78.9 Å². The minimum atomic E-state index is -0.378. The molecular weight excluding hydrogens is 478 g/mol. The minimum Gasteiger partial charge on any atom is -0.876 e. The van der Waals surface area contributed by atoms with Crippen LogP contribution in [0.2, 0.25) is 0 Å². The molecule has 2 aliphatic rings. The van der Waals surface area contributed by atoms with Crippen molar-refractivity contribution in [2.75, 3.05) is 13.1 Å². The van der Waals surface area contributed by atoms with Crippen molar-refractivity contribution in [2.45, 2.75) is 25.7 Å². The number of benzene rings is 2. The zero-order chi connectivity index (χ0) is 23.9. The van der Waals surface area contributed by atoms with Gasteiger partial charge in [-0.3, -0.25) is 19.4 Å². The molecule has 2 heterocycles. The average Bonchev–Trinajstić information content (AvgIpc) is 3.38. The third-order valence-electron chi connectivity index (χ3n) is 5.69. The summed E-state index contributed by atoms with van der Waals surface area (Å²) in [5, 5.41) is 22.4. The van der Waals surface area contributed by atoms with Gasteiger partial charge in [0.1, 0.15) is 23.1 Å². The van der Waals surface area contributed by atoms with Crippen LogP contribution < -0.4 is 69.3 Å². The molecule has 0 unspecified atom stereocenters. The monoisotopic (exact) mass is 502 g/mol. The van der Waals surface area contributed by atoms with Crippen LogP contribution in [0, 0.1) is 0 Å². The van der Waals surface area contributed by atoms with Crippen LogP contribution in [0.1, 0.15) is 36.8 Å². The van der Waals surface area contributed by atoms with Gasteiger partial charge in [0.05, 0.1) is 0 Å². The van der Waals surface area contributed by atoms with E-state index in [1.807, 2.05) is 60.7 Å². The molecule has 36 heavy (non-hydrogen) atoms. The molecule has 0 aliphatic carbocycles. The summed E-state index contributed by atoms with van der Waals surface area (Å²) in [4.78, 5) is 36.6. The topological polar surface area (TPSA) is 111 Å². The number of carbonyl (C=O) groups excluding carboxylic acids is 2. The maximum atomic E-state index is 12.5. The molecule has 2 aliphatic heterocycles. The third-order valence-corrected chi connectivity index (χ3v) is 5.69. The summed E-state index contributed by atoms with van der Waals surface area (Å²) >= 11 is 0. The van der Waals surface area contributed by atoms with Gasteiger partial charge in [0.15, 0.2) is 0 Å². The molecule has 0 bridgehead atoms. The predicted molar refractivity (Wildman–Crippen MR) is 124 cm³/mol. The number of amidine groups is 2. The average molecular weight is 502 g/mol. The van der Waals surface area contributed by atoms with Gasteiger partial charge in [-0.25, -0.2) is 9.98 Å². The first-order chi connectivity index (χ1) is 16.6. The van der Waals surface area contributed by atoms with E-state index in [9.17, 15) is 19.8 Å². The number of unbranched alkanes of at least 4 members (excludes halogenated alkanes) is 3. The van der Waals surface area contributed by atoms with Crippen molar-refractivity contribution >= 4 is 23.5 Å². The van der Waals surface area contributed by atoms with E-state index < -0.39 is 0 Å². The third kappa shape index (κ3) is 6.76. The molecular formula is C26H24N4Na2O4. The van der Waals surface area contributed by atoms with Crippen LogP contribution in [-0.2, 0) is 9.59 Å². The van der Waals surface area contributed by atoms with Gasteiger partial charge in [0, 0.05) is 24.2 Å². The van der Waals surface area contributed by atoms with E-state index in [1.54, 1.807) is 9.80 Å². The predicted octanol–water partition coefficient (Wildman–Crippen LogP) is -4.46. The molecule has 2 aromatic rings. The summed E-state index contributed by atoms with van der Waals surface area (Å²) in [6.07, 6.45) is 4.09.